The Morgan fingerprint density at radius 1 is 1.33 bits per heavy atom. The quantitative estimate of drug-likeness (QED) is 0.709. The number of hydrogen-bond acceptors (Lipinski definition) is 3. The Labute approximate surface area is 115 Å². The molecule has 0 aromatic heterocycles. The molecule has 0 saturated carbocycles. The van der Waals surface area contributed by atoms with Crippen molar-refractivity contribution < 1.29 is 5.11 Å². The van der Waals surface area contributed by atoms with Gasteiger partial charge in [-0.1, -0.05) is 25.1 Å². The van der Waals surface area contributed by atoms with Crippen molar-refractivity contribution in [2.24, 2.45) is 0 Å². The summed E-state index contributed by atoms with van der Waals surface area (Å²) in [5, 5.41) is 12.9. The number of hydrogen-bond donors (Lipinski definition) is 2. The maximum Gasteiger partial charge on any atom is 0.0610 e. The molecule has 0 spiro atoms. The van der Waals surface area contributed by atoms with Crippen molar-refractivity contribution in [3.05, 3.63) is 29.8 Å². The average molecular weight is 267 g/mol. The van der Waals surface area contributed by atoms with Crippen LogP contribution in [0.2, 0.25) is 0 Å². The van der Waals surface area contributed by atoms with E-state index in [9.17, 15) is 5.11 Å². The summed E-state index contributed by atoms with van der Waals surface area (Å²) in [4.78, 5) is 1.34. The van der Waals surface area contributed by atoms with Crippen LogP contribution in [-0.2, 0) is 0 Å². The van der Waals surface area contributed by atoms with Crippen LogP contribution in [0, 0.1) is 6.92 Å². The Hall–Kier alpha value is -0.510. The molecule has 0 radical (unpaired) electrons. The molecule has 2 nitrogen and oxygen atoms in total. The minimum absolute atomic E-state index is 0.147. The van der Waals surface area contributed by atoms with Crippen LogP contribution in [0.25, 0.3) is 0 Å². The van der Waals surface area contributed by atoms with E-state index in [4.69, 9.17) is 0 Å². The monoisotopic (exact) mass is 267 g/mol. The topological polar surface area (TPSA) is 32.3 Å². The van der Waals surface area contributed by atoms with Crippen molar-refractivity contribution in [3.8, 4) is 0 Å². The van der Waals surface area contributed by atoms with E-state index in [0.717, 1.165) is 25.1 Å². The van der Waals surface area contributed by atoms with Crippen LogP contribution >= 0.6 is 11.8 Å². The van der Waals surface area contributed by atoms with Crippen molar-refractivity contribution >= 4 is 11.8 Å². The molecule has 0 saturated heterocycles. The summed E-state index contributed by atoms with van der Waals surface area (Å²) < 4.78 is 0. The van der Waals surface area contributed by atoms with Gasteiger partial charge in [0.25, 0.3) is 0 Å². The Morgan fingerprint density at radius 2 is 2.06 bits per heavy atom. The van der Waals surface area contributed by atoms with Crippen LogP contribution in [-0.4, -0.2) is 29.5 Å². The summed E-state index contributed by atoms with van der Waals surface area (Å²) in [6.45, 7) is 7.55. The first kappa shape index (κ1) is 15.5. The van der Waals surface area contributed by atoms with Gasteiger partial charge in [0.15, 0.2) is 0 Å². The standard InChI is InChI=1S/C15H25NOS/c1-4-10-16-15(3,12-17)9-11-18-14-8-6-5-7-13(14)2/h5-8,16-17H,4,9-12H2,1-3H3. The van der Waals surface area contributed by atoms with Gasteiger partial charge in [-0.05, 0) is 50.6 Å². The Bertz CT molecular complexity index is 356. The van der Waals surface area contributed by atoms with Crippen LogP contribution in [0.3, 0.4) is 0 Å². The van der Waals surface area contributed by atoms with E-state index in [1.165, 1.54) is 10.5 Å². The zero-order valence-electron chi connectivity index (χ0n) is 11.7. The maximum atomic E-state index is 9.49. The van der Waals surface area contributed by atoms with Gasteiger partial charge in [0.1, 0.15) is 0 Å². The van der Waals surface area contributed by atoms with Gasteiger partial charge in [-0.15, -0.1) is 11.8 Å². The second-order valence-corrected chi connectivity index (χ2v) is 6.15. The van der Waals surface area contributed by atoms with Gasteiger partial charge in [0.2, 0.25) is 0 Å². The number of aliphatic hydroxyl groups excluding tert-OH is 1. The molecule has 0 amide bonds. The molecule has 1 rings (SSSR count). The first-order chi connectivity index (χ1) is 8.61. The molecule has 1 unspecified atom stereocenters. The molecule has 0 heterocycles. The molecule has 0 aliphatic heterocycles. The van der Waals surface area contributed by atoms with E-state index in [-0.39, 0.29) is 12.1 Å². The molecular formula is C15H25NOS. The van der Waals surface area contributed by atoms with Gasteiger partial charge >= 0.3 is 0 Å². The van der Waals surface area contributed by atoms with Gasteiger partial charge < -0.3 is 10.4 Å². The minimum atomic E-state index is -0.147. The predicted molar refractivity (Wildman–Crippen MR) is 80.3 cm³/mol. The number of thioether (sulfide) groups is 1. The highest BCUT2D eigenvalue weighted by Gasteiger charge is 2.21. The zero-order valence-corrected chi connectivity index (χ0v) is 12.5. The smallest absolute Gasteiger partial charge is 0.0610 e. The third-order valence-electron chi connectivity index (χ3n) is 3.16. The Balaban J connectivity index is 2.42. The molecule has 102 valence electrons. The van der Waals surface area contributed by atoms with Gasteiger partial charge in [-0.3, -0.25) is 0 Å². The SMILES string of the molecule is CCCNC(C)(CO)CCSc1ccccc1C. The number of benzene rings is 1. The molecule has 0 aliphatic carbocycles. The third-order valence-corrected chi connectivity index (χ3v) is 4.33. The molecule has 0 bridgehead atoms. The molecule has 0 fully saturated rings. The first-order valence-corrected chi connectivity index (χ1v) is 7.64. The van der Waals surface area contributed by atoms with E-state index in [1.54, 1.807) is 0 Å². The second-order valence-electron chi connectivity index (χ2n) is 5.01. The molecular weight excluding hydrogens is 242 g/mol. The predicted octanol–water partition coefficient (Wildman–Crippen LogP) is 3.23. The number of rotatable bonds is 8. The van der Waals surface area contributed by atoms with E-state index >= 15 is 0 Å². The fourth-order valence-corrected chi connectivity index (χ4v) is 3.00. The van der Waals surface area contributed by atoms with E-state index in [1.807, 2.05) is 11.8 Å². The van der Waals surface area contributed by atoms with Crippen LogP contribution in [0.1, 0.15) is 32.3 Å². The summed E-state index contributed by atoms with van der Waals surface area (Å²) in [5.41, 5.74) is 1.18. The normalized spacial score (nSPS) is 14.4. The molecule has 1 aromatic carbocycles. The fourth-order valence-electron chi connectivity index (χ4n) is 1.75. The largest absolute Gasteiger partial charge is 0.394 e. The van der Waals surface area contributed by atoms with Crippen molar-refractivity contribution in [3.63, 3.8) is 0 Å². The van der Waals surface area contributed by atoms with Crippen molar-refractivity contribution in [2.45, 2.75) is 44.0 Å². The first-order valence-electron chi connectivity index (χ1n) is 6.65. The molecule has 1 atom stereocenters. The maximum absolute atomic E-state index is 9.49. The lowest BCUT2D eigenvalue weighted by atomic mass is 10.0. The Kier molecular flexibility index (Phi) is 6.76. The number of aryl methyl sites for hydroxylation is 1. The van der Waals surface area contributed by atoms with Crippen molar-refractivity contribution in [1.29, 1.82) is 0 Å². The highest BCUT2D eigenvalue weighted by Crippen LogP contribution is 2.24. The lowest BCUT2D eigenvalue weighted by molar-refractivity contribution is 0.171. The van der Waals surface area contributed by atoms with Gasteiger partial charge in [-0.2, -0.15) is 0 Å². The fraction of sp³-hybridized carbons (Fsp3) is 0.600. The van der Waals surface area contributed by atoms with E-state index in [0.29, 0.717) is 0 Å². The van der Waals surface area contributed by atoms with Crippen LogP contribution in [0.4, 0.5) is 0 Å². The summed E-state index contributed by atoms with van der Waals surface area (Å²) >= 11 is 1.87. The summed E-state index contributed by atoms with van der Waals surface area (Å²) in [6, 6.07) is 8.45. The number of nitrogens with one attached hydrogen (secondary N) is 1. The zero-order chi connectivity index (χ0) is 13.4. The number of aliphatic hydroxyl groups is 1. The summed E-state index contributed by atoms with van der Waals surface area (Å²) in [7, 11) is 0. The van der Waals surface area contributed by atoms with E-state index in [2.05, 4.69) is 50.4 Å². The van der Waals surface area contributed by atoms with Crippen LogP contribution in [0.5, 0.6) is 0 Å². The minimum Gasteiger partial charge on any atom is -0.394 e. The van der Waals surface area contributed by atoms with Crippen molar-refractivity contribution in [1.82, 2.24) is 5.32 Å². The van der Waals surface area contributed by atoms with Crippen LogP contribution < -0.4 is 5.32 Å². The second kappa shape index (κ2) is 7.82. The van der Waals surface area contributed by atoms with Gasteiger partial charge in [-0.25, -0.2) is 0 Å². The molecule has 2 N–H and O–H groups in total. The van der Waals surface area contributed by atoms with E-state index < -0.39 is 0 Å². The molecule has 3 heteroatoms. The van der Waals surface area contributed by atoms with Crippen LogP contribution in [0.15, 0.2) is 29.2 Å². The third kappa shape index (κ3) is 5.01. The highest BCUT2D eigenvalue weighted by atomic mass is 32.2. The molecule has 1 aromatic rings. The Morgan fingerprint density at radius 3 is 2.67 bits per heavy atom. The summed E-state index contributed by atoms with van der Waals surface area (Å²) in [6.07, 6.45) is 2.07. The van der Waals surface area contributed by atoms with Gasteiger partial charge in [0.05, 0.1) is 6.61 Å². The molecule has 18 heavy (non-hydrogen) atoms. The average Bonchev–Trinajstić information content (AvgIpc) is 2.39. The van der Waals surface area contributed by atoms with Gasteiger partial charge in [0, 0.05) is 10.4 Å². The molecule has 0 aliphatic rings. The lowest BCUT2D eigenvalue weighted by Gasteiger charge is -2.28. The summed E-state index contributed by atoms with van der Waals surface area (Å²) in [5.74, 6) is 1.03. The highest BCUT2D eigenvalue weighted by molar-refractivity contribution is 7.99. The lowest BCUT2D eigenvalue weighted by Crippen LogP contribution is -2.46. The van der Waals surface area contributed by atoms with Crippen molar-refractivity contribution in [2.75, 3.05) is 18.9 Å².